The van der Waals surface area contributed by atoms with Crippen molar-refractivity contribution in [3.63, 3.8) is 0 Å². The molecule has 0 saturated heterocycles. The van der Waals surface area contributed by atoms with Crippen LogP contribution in [0, 0.1) is 0 Å². The lowest BCUT2D eigenvalue weighted by atomic mass is 10.2. The molecule has 2 rings (SSSR count). The maximum Gasteiger partial charge on any atom is 0.349 e. The predicted octanol–water partition coefficient (Wildman–Crippen LogP) is 1.73. The van der Waals surface area contributed by atoms with Gasteiger partial charge in [0.25, 0.3) is 0 Å². The molecule has 3 N–H and O–H groups in total. The number of amides is 1. The number of hydrogen-bond donors (Lipinski definition) is 2. The van der Waals surface area contributed by atoms with Crippen LogP contribution >= 0.6 is 22.9 Å². The van der Waals surface area contributed by atoms with E-state index in [4.69, 9.17) is 22.4 Å². The quantitative estimate of drug-likeness (QED) is 0.863. The summed E-state index contributed by atoms with van der Waals surface area (Å²) in [5, 5.41) is 9.39. The number of aromatic carboxylic acids is 1. The van der Waals surface area contributed by atoms with Gasteiger partial charge < -0.3 is 15.7 Å². The summed E-state index contributed by atoms with van der Waals surface area (Å²) in [6.45, 7) is 0.0353. The topological polar surface area (TPSA) is 96.5 Å². The number of carbonyl (C=O) groups excluding carboxylic acids is 1. The smallest absolute Gasteiger partial charge is 0.349 e. The molecule has 1 saturated carbocycles. The molecule has 1 aliphatic carbocycles. The molecular weight excluding hydrogens is 290 g/mol. The van der Waals surface area contributed by atoms with Crippen LogP contribution in [0.2, 0.25) is 5.15 Å². The molecule has 104 valence electrons. The number of halogens is 1. The van der Waals surface area contributed by atoms with Gasteiger partial charge in [0.05, 0.1) is 6.54 Å². The van der Waals surface area contributed by atoms with Crippen molar-refractivity contribution in [1.82, 2.24) is 4.98 Å². The highest BCUT2D eigenvalue weighted by Crippen LogP contribution is 2.34. The van der Waals surface area contributed by atoms with E-state index < -0.39 is 11.9 Å². The van der Waals surface area contributed by atoms with Gasteiger partial charge in [-0.3, -0.25) is 4.79 Å². The van der Waals surface area contributed by atoms with Gasteiger partial charge in [0.15, 0.2) is 15.2 Å². The van der Waals surface area contributed by atoms with Crippen LogP contribution < -0.4 is 10.6 Å². The first-order chi connectivity index (χ1) is 8.99. The van der Waals surface area contributed by atoms with Crippen LogP contribution in [0.1, 0.15) is 35.4 Å². The number of thiazole rings is 1. The highest BCUT2D eigenvalue weighted by molar-refractivity contribution is 7.18. The van der Waals surface area contributed by atoms with Gasteiger partial charge in [0, 0.05) is 6.04 Å². The Balaban J connectivity index is 2.29. The second-order valence-electron chi connectivity index (χ2n) is 4.45. The molecule has 0 bridgehead atoms. The lowest BCUT2D eigenvalue weighted by Gasteiger charge is -2.26. The summed E-state index contributed by atoms with van der Waals surface area (Å²) in [7, 11) is 0. The summed E-state index contributed by atoms with van der Waals surface area (Å²) in [5.41, 5.74) is 5.25. The van der Waals surface area contributed by atoms with Crippen LogP contribution in [0.5, 0.6) is 0 Å². The van der Waals surface area contributed by atoms with Gasteiger partial charge >= 0.3 is 5.97 Å². The van der Waals surface area contributed by atoms with E-state index >= 15 is 0 Å². The van der Waals surface area contributed by atoms with Crippen molar-refractivity contribution in [2.24, 2.45) is 5.73 Å². The Bertz CT molecular complexity index is 499. The van der Waals surface area contributed by atoms with Gasteiger partial charge in [0.2, 0.25) is 5.91 Å². The fourth-order valence-electron chi connectivity index (χ4n) is 2.28. The van der Waals surface area contributed by atoms with E-state index in [1.54, 1.807) is 4.90 Å². The zero-order valence-electron chi connectivity index (χ0n) is 10.1. The van der Waals surface area contributed by atoms with E-state index in [-0.39, 0.29) is 22.6 Å². The molecule has 1 amide bonds. The number of hydrogen-bond acceptors (Lipinski definition) is 5. The Hall–Kier alpha value is -1.34. The molecule has 1 aromatic heterocycles. The molecule has 1 aromatic rings. The number of carbonyl (C=O) groups is 2. The van der Waals surface area contributed by atoms with E-state index in [9.17, 15) is 9.59 Å². The molecule has 0 aromatic carbocycles. The maximum absolute atomic E-state index is 11.2. The standard InChI is InChI=1S/C11H14ClN3O3S/c12-9-8(10(17)18)19-11(14-9)15(5-7(13)16)6-3-1-2-4-6/h6H,1-5H2,(H2,13,16)(H,17,18). The summed E-state index contributed by atoms with van der Waals surface area (Å²) >= 11 is 6.78. The summed E-state index contributed by atoms with van der Waals surface area (Å²) in [6.07, 6.45) is 4.08. The monoisotopic (exact) mass is 303 g/mol. The van der Waals surface area contributed by atoms with Crippen LogP contribution in [0.15, 0.2) is 0 Å². The van der Waals surface area contributed by atoms with Crippen LogP contribution in [-0.4, -0.2) is 34.6 Å². The molecule has 1 heterocycles. The molecule has 1 fully saturated rings. The van der Waals surface area contributed by atoms with E-state index in [1.807, 2.05) is 0 Å². The van der Waals surface area contributed by atoms with Crippen LogP contribution in [-0.2, 0) is 4.79 Å². The average molecular weight is 304 g/mol. The third-order valence-corrected chi connectivity index (χ3v) is 4.57. The van der Waals surface area contributed by atoms with Crippen LogP contribution in [0.4, 0.5) is 5.13 Å². The summed E-state index contributed by atoms with van der Waals surface area (Å²) in [5.74, 6) is -1.57. The first-order valence-corrected chi connectivity index (χ1v) is 7.13. The minimum Gasteiger partial charge on any atom is -0.477 e. The van der Waals surface area contributed by atoms with Crippen molar-refractivity contribution in [3.05, 3.63) is 10.0 Å². The van der Waals surface area contributed by atoms with Crippen molar-refractivity contribution in [3.8, 4) is 0 Å². The number of carboxylic acids is 1. The molecule has 1 aliphatic rings. The van der Waals surface area contributed by atoms with Gasteiger partial charge in [-0.05, 0) is 12.8 Å². The highest BCUT2D eigenvalue weighted by Gasteiger charge is 2.28. The fourth-order valence-corrected chi connectivity index (χ4v) is 3.48. The minimum absolute atomic E-state index is 0.0101. The zero-order valence-corrected chi connectivity index (χ0v) is 11.7. The van der Waals surface area contributed by atoms with Gasteiger partial charge in [0.1, 0.15) is 0 Å². The Morgan fingerprint density at radius 1 is 1.47 bits per heavy atom. The first kappa shape index (κ1) is 14.1. The minimum atomic E-state index is -1.11. The Morgan fingerprint density at radius 2 is 2.11 bits per heavy atom. The number of nitrogens with zero attached hydrogens (tertiary/aromatic N) is 2. The fraction of sp³-hybridized carbons (Fsp3) is 0.545. The summed E-state index contributed by atoms with van der Waals surface area (Å²) < 4.78 is 0. The summed E-state index contributed by atoms with van der Waals surface area (Å²) in [6, 6.07) is 0.177. The molecule has 6 nitrogen and oxygen atoms in total. The average Bonchev–Trinajstić information content (AvgIpc) is 2.94. The molecule has 0 radical (unpaired) electrons. The second-order valence-corrected chi connectivity index (χ2v) is 5.79. The number of rotatable bonds is 5. The third kappa shape index (κ3) is 3.16. The molecule has 19 heavy (non-hydrogen) atoms. The third-order valence-electron chi connectivity index (χ3n) is 3.11. The molecular formula is C11H14ClN3O3S. The largest absolute Gasteiger partial charge is 0.477 e. The van der Waals surface area contributed by atoms with Gasteiger partial charge in [-0.2, -0.15) is 0 Å². The number of primary amides is 1. The Kier molecular flexibility index (Phi) is 4.26. The van der Waals surface area contributed by atoms with Crippen molar-refractivity contribution in [2.75, 3.05) is 11.4 Å². The number of aromatic nitrogens is 1. The van der Waals surface area contributed by atoms with E-state index in [0.717, 1.165) is 37.0 Å². The highest BCUT2D eigenvalue weighted by atomic mass is 35.5. The Morgan fingerprint density at radius 3 is 2.58 bits per heavy atom. The van der Waals surface area contributed by atoms with Crippen molar-refractivity contribution in [2.45, 2.75) is 31.7 Å². The van der Waals surface area contributed by atoms with E-state index in [1.165, 1.54) is 0 Å². The normalized spacial score (nSPS) is 15.6. The van der Waals surface area contributed by atoms with E-state index in [0.29, 0.717) is 5.13 Å². The molecule has 0 unspecified atom stereocenters. The number of carboxylic acid groups (broad SMARTS) is 1. The lowest BCUT2D eigenvalue weighted by Crippen LogP contribution is -2.40. The van der Waals surface area contributed by atoms with Gasteiger partial charge in [-0.1, -0.05) is 35.8 Å². The summed E-state index contributed by atoms with van der Waals surface area (Å²) in [4.78, 5) is 28.0. The maximum atomic E-state index is 11.2. The predicted molar refractivity (Wildman–Crippen MR) is 72.9 cm³/mol. The zero-order chi connectivity index (χ0) is 14.0. The SMILES string of the molecule is NC(=O)CN(c1nc(Cl)c(C(=O)O)s1)C1CCCC1. The molecule has 0 atom stereocenters. The van der Waals surface area contributed by atoms with Crippen molar-refractivity contribution in [1.29, 1.82) is 0 Å². The van der Waals surface area contributed by atoms with Crippen LogP contribution in [0.25, 0.3) is 0 Å². The first-order valence-electron chi connectivity index (χ1n) is 5.93. The van der Waals surface area contributed by atoms with E-state index in [2.05, 4.69) is 4.98 Å². The lowest BCUT2D eigenvalue weighted by molar-refractivity contribution is -0.116. The molecule has 0 aliphatic heterocycles. The van der Waals surface area contributed by atoms with Crippen molar-refractivity contribution >= 4 is 39.9 Å². The second kappa shape index (κ2) is 5.75. The van der Waals surface area contributed by atoms with Gasteiger partial charge in [-0.15, -0.1) is 0 Å². The Labute approximate surface area is 119 Å². The van der Waals surface area contributed by atoms with Crippen LogP contribution in [0.3, 0.4) is 0 Å². The number of nitrogens with two attached hydrogens (primary N) is 1. The molecule has 8 heteroatoms. The van der Waals surface area contributed by atoms with Crippen molar-refractivity contribution < 1.29 is 14.7 Å². The number of anilines is 1. The molecule has 0 spiro atoms. The van der Waals surface area contributed by atoms with Gasteiger partial charge in [-0.25, -0.2) is 9.78 Å².